The maximum absolute atomic E-state index is 10.6. The Morgan fingerprint density at radius 2 is 1.91 bits per heavy atom. The average molecular weight is 152 g/mol. The summed E-state index contributed by atoms with van der Waals surface area (Å²) in [5.74, 6) is 0.717. The van der Waals surface area contributed by atoms with Crippen LogP contribution in [-0.2, 0) is 4.79 Å². The maximum Gasteiger partial charge on any atom is 0.127 e. The number of hydrogen-bond acceptors (Lipinski definition) is 1. The summed E-state index contributed by atoms with van der Waals surface area (Å²) < 4.78 is 0. The third-order valence-corrected chi connectivity index (χ3v) is 2.62. The molecule has 0 amide bonds. The van der Waals surface area contributed by atoms with Gasteiger partial charge < -0.3 is 4.79 Å². The molecule has 1 atom stereocenters. The number of hydrogen-bond donors (Lipinski definition) is 0. The van der Waals surface area contributed by atoms with Crippen molar-refractivity contribution < 1.29 is 4.79 Å². The fourth-order valence-electron chi connectivity index (χ4n) is 1.88. The Hall–Kier alpha value is -0.590. The van der Waals surface area contributed by atoms with E-state index in [1.165, 1.54) is 32.1 Å². The largest absolute Gasteiger partial charge is 0.303 e. The third kappa shape index (κ3) is 2.18. The summed E-state index contributed by atoms with van der Waals surface area (Å²) in [6.45, 7) is 3.68. The molecule has 0 radical (unpaired) electrons. The molecule has 0 heterocycles. The van der Waals surface area contributed by atoms with Gasteiger partial charge >= 0.3 is 0 Å². The van der Waals surface area contributed by atoms with Crippen molar-refractivity contribution in [1.29, 1.82) is 0 Å². The monoisotopic (exact) mass is 152 g/mol. The second kappa shape index (κ2) is 4.32. The Labute approximate surface area is 68.5 Å². The normalized spacial score (nSPS) is 22.5. The fourth-order valence-corrected chi connectivity index (χ4v) is 1.88. The van der Waals surface area contributed by atoms with Crippen LogP contribution in [0.4, 0.5) is 0 Å². The van der Waals surface area contributed by atoms with Gasteiger partial charge in [0.15, 0.2) is 0 Å². The van der Waals surface area contributed by atoms with Crippen LogP contribution in [0.25, 0.3) is 0 Å². The van der Waals surface area contributed by atoms with Crippen molar-refractivity contribution in [2.75, 3.05) is 0 Å². The lowest BCUT2D eigenvalue weighted by Gasteiger charge is -2.24. The zero-order valence-electron chi connectivity index (χ0n) is 6.96. The quantitative estimate of drug-likeness (QED) is 0.448. The van der Waals surface area contributed by atoms with Crippen LogP contribution >= 0.6 is 0 Å². The van der Waals surface area contributed by atoms with Crippen LogP contribution in [-0.4, -0.2) is 6.29 Å². The highest BCUT2D eigenvalue weighted by molar-refractivity contribution is 5.56. The molecule has 0 spiro atoms. The van der Waals surface area contributed by atoms with Gasteiger partial charge in [0.05, 0.1) is 0 Å². The topological polar surface area (TPSA) is 17.1 Å². The summed E-state index contributed by atoms with van der Waals surface area (Å²) in [4.78, 5) is 10.6. The smallest absolute Gasteiger partial charge is 0.127 e. The molecular weight excluding hydrogens is 136 g/mol. The van der Waals surface area contributed by atoms with Crippen LogP contribution in [0.3, 0.4) is 0 Å². The molecule has 1 fully saturated rings. The predicted molar refractivity (Wildman–Crippen MR) is 46.3 cm³/mol. The van der Waals surface area contributed by atoms with Crippen LogP contribution in [0.2, 0.25) is 0 Å². The maximum atomic E-state index is 10.6. The first-order chi connectivity index (χ1) is 5.38. The van der Waals surface area contributed by atoms with Crippen molar-refractivity contribution >= 4 is 6.29 Å². The van der Waals surface area contributed by atoms with Gasteiger partial charge in [-0.1, -0.05) is 25.3 Å². The zero-order valence-corrected chi connectivity index (χ0v) is 6.96. The number of carbonyl (C=O) groups excluding carboxylic acids is 1. The number of rotatable bonds is 3. The molecule has 1 heteroatoms. The van der Waals surface area contributed by atoms with Crippen LogP contribution in [0.15, 0.2) is 12.7 Å². The summed E-state index contributed by atoms with van der Waals surface area (Å²) in [7, 11) is 0. The van der Waals surface area contributed by atoms with Gasteiger partial charge in [0, 0.05) is 5.92 Å². The molecule has 0 saturated heterocycles. The Kier molecular flexibility index (Phi) is 3.34. The van der Waals surface area contributed by atoms with Crippen molar-refractivity contribution in [1.82, 2.24) is 0 Å². The van der Waals surface area contributed by atoms with Crippen LogP contribution < -0.4 is 0 Å². The van der Waals surface area contributed by atoms with Crippen LogP contribution in [0, 0.1) is 11.8 Å². The van der Waals surface area contributed by atoms with E-state index in [0.29, 0.717) is 5.92 Å². The zero-order chi connectivity index (χ0) is 8.10. The summed E-state index contributed by atoms with van der Waals surface area (Å²) in [5.41, 5.74) is 0. The van der Waals surface area contributed by atoms with E-state index in [9.17, 15) is 4.79 Å². The molecule has 62 valence electrons. The number of aldehydes is 1. The lowest BCUT2D eigenvalue weighted by Crippen LogP contribution is -2.16. The van der Waals surface area contributed by atoms with Gasteiger partial charge in [0.1, 0.15) is 6.29 Å². The molecule has 0 N–H and O–H groups in total. The van der Waals surface area contributed by atoms with Gasteiger partial charge in [-0.05, 0) is 18.8 Å². The lowest BCUT2D eigenvalue weighted by molar-refractivity contribution is -0.111. The average Bonchev–Trinajstić information content (AvgIpc) is 2.09. The van der Waals surface area contributed by atoms with E-state index < -0.39 is 0 Å². The number of carbonyl (C=O) groups is 1. The molecule has 0 aromatic heterocycles. The van der Waals surface area contributed by atoms with Gasteiger partial charge in [0.2, 0.25) is 0 Å². The van der Waals surface area contributed by atoms with Crippen molar-refractivity contribution in [3.05, 3.63) is 12.7 Å². The molecule has 1 saturated carbocycles. The van der Waals surface area contributed by atoms with Crippen LogP contribution in [0.1, 0.15) is 32.1 Å². The summed E-state index contributed by atoms with van der Waals surface area (Å²) >= 11 is 0. The van der Waals surface area contributed by atoms with E-state index in [1.54, 1.807) is 6.08 Å². The van der Waals surface area contributed by atoms with E-state index in [-0.39, 0.29) is 5.92 Å². The highest BCUT2D eigenvalue weighted by Crippen LogP contribution is 2.29. The second-order valence-electron chi connectivity index (χ2n) is 3.35. The molecule has 1 unspecified atom stereocenters. The Bertz CT molecular complexity index is 126. The van der Waals surface area contributed by atoms with Crippen molar-refractivity contribution in [2.45, 2.75) is 32.1 Å². The van der Waals surface area contributed by atoms with E-state index in [2.05, 4.69) is 6.58 Å². The minimum Gasteiger partial charge on any atom is -0.303 e. The Morgan fingerprint density at radius 1 is 1.27 bits per heavy atom. The highest BCUT2D eigenvalue weighted by atomic mass is 16.1. The van der Waals surface area contributed by atoms with Gasteiger partial charge in [-0.2, -0.15) is 0 Å². The molecule has 0 bridgehead atoms. The van der Waals surface area contributed by atoms with Gasteiger partial charge in [-0.3, -0.25) is 0 Å². The molecule has 1 nitrogen and oxygen atoms in total. The predicted octanol–water partition coefficient (Wildman–Crippen LogP) is 2.57. The van der Waals surface area contributed by atoms with E-state index in [0.717, 1.165) is 6.29 Å². The molecule has 1 aliphatic rings. The molecule has 0 aliphatic heterocycles. The highest BCUT2D eigenvalue weighted by Gasteiger charge is 2.20. The van der Waals surface area contributed by atoms with Crippen molar-refractivity contribution in [2.24, 2.45) is 11.8 Å². The summed E-state index contributed by atoms with van der Waals surface area (Å²) in [6, 6.07) is 0. The summed E-state index contributed by atoms with van der Waals surface area (Å²) in [5, 5.41) is 0. The molecule has 0 aromatic rings. The van der Waals surface area contributed by atoms with Crippen molar-refractivity contribution in [3.8, 4) is 0 Å². The molecule has 0 aromatic carbocycles. The first kappa shape index (κ1) is 8.51. The SMILES string of the molecule is C=CC(C=O)C1CCCCC1. The van der Waals surface area contributed by atoms with Gasteiger partial charge in [-0.25, -0.2) is 0 Å². The summed E-state index contributed by atoms with van der Waals surface area (Å²) in [6.07, 6.45) is 9.21. The number of allylic oxidation sites excluding steroid dienone is 1. The Balaban J connectivity index is 2.42. The van der Waals surface area contributed by atoms with Gasteiger partial charge in [0.25, 0.3) is 0 Å². The molecular formula is C10H16O. The standard InChI is InChI=1S/C10H16O/c1-2-9(8-11)10-6-4-3-5-7-10/h2,8-10H,1,3-7H2. The van der Waals surface area contributed by atoms with E-state index in [4.69, 9.17) is 0 Å². The fraction of sp³-hybridized carbons (Fsp3) is 0.700. The third-order valence-electron chi connectivity index (χ3n) is 2.62. The molecule has 1 rings (SSSR count). The van der Waals surface area contributed by atoms with Crippen LogP contribution in [0.5, 0.6) is 0 Å². The first-order valence-electron chi connectivity index (χ1n) is 4.46. The van der Waals surface area contributed by atoms with Crippen molar-refractivity contribution in [3.63, 3.8) is 0 Å². The minimum absolute atomic E-state index is 0.121. The minimum atomic E-state index is 0.121. The molecule has 1 aliphatic carbocycles. The molecule has 11 heavy (non-hydrogen) atoms. The first-order valence-corrected chi connectivity index (χ1v) is 4.46. The lowest BCUT2D eigenvalue weighted by atomic mass is 9.81. The van der Waals surface area contributed by atoms with E-state index >= 15 is 0 Å². The Morgan fingerprint density at radius 3 is 2.36 bits per heavy atom. The second-order valence-corrected chi connectivity index (χ2v) is 3.35. The van der Waals surface area contributed by atoms with E-state index in [1.807, 2.05) is 0 Å². The van der Waals surface area contributed by atoms with Gasteiger partial charge in [-0.15, -0.1) is 6.58 Å².